The highest BCUT2D eigenvalue weighted by Gasteiger charge is 2.27. The van der Waals surface area contributed by atoms with E-state index in [-0.39, 0.29) is 12.1 Å². The average molecular weight is 483 g/mol. The first kappa shape index (κ1) is 23.3. The molecule has 36 heavy (non-hydrogen) atoms. The van der Waals surface area contributed by atoms with Gasteiger partial charge in [-0.3, -0.25) is 9.67 Å². The number of aromatic nitrogens is 5. The van der Waals surface area contributed by atoms with Gasteiger partial charge in [0.2, 0.25) is 0 Å². The van der Waals surface area contributed by atoms with Crippen molar-refractivity contribution >= 4 is 22.3 Å². The van der Waals surface area contributed by atoms with Gasteiger partial charge in [0.15, 0.2) is 0 Å². The molecule has 4 aromatic rings. The SMILES string of the molecule is CC.Cc1coc2ccc(C3=CC(NC(c4cnn(C)c4)c4cnnn4C)=CC4NC=CN=C34)cc12. The van der Waals surface area contributed by atoms with Crippen molar-refractivity contribution in [1.82, 2.24) is 35.4 Å². The number of aryl methyl sites for hydroxylation is 3. The van der Waals surface area contributed by atoms with Crippen LogP contribution in [0.4, 0.5) is 0 Å². The lowest BCUT2D eigenvalue weighted by Crippen LogP contribution is -2.38. The molecule has 6 rings (SSSR count). The molecule has 3 aromatic heterocycles. The van der Waals surface area contributed by atoms with Crippen molar-refractivity contribution in [2.24, 2.45) is 19.1 Å². The first-order valence-electron chi connectivity index (χ1n) is 12.1. The van der Waals surface area contributed by atoms with Crippen molar-refractivity contribution in [3.05, 3.63) is 95.7 Å². The van der Waals surface area contributed by atoms with Crippen LogP contribution in [0.25, 0.3) is 16.5 Å². The third kappa shape index (κ3) is 4.24. The molecule has 1 aliphatic carbocycles. The Kier molecular flexibility index (Phi) is 6.28. The molecule has 9 nitrogen and oxygen atoms in total. The minimum Gasteiger partial charge on any atom is -0.464 e. The summed E-state index contributed by atoms with van der Waals surface area (Å²) in [5.41, 5.74) is 8.06. The smallest absolute Gasteiger partial charge is 0.134 e. The zero-order chi connectivity index (χ0) is 25.2. The summed E-state index contributed by atoms with van der Waals surface area (Å²) in [7, 11) is 3.81. The Balaban J connectivity index is 0.00000130. The monoisotopic (exact) mass is 482 g/mol. The molecule has 4 heterocycles. The minimum absolute atomic E-state index is 0.0483. The zero-order valence-corrected chi connectivity index (χ0v) is 21.1. The van der Waals surface area contributed by atoms with Crippen LogP contribution in [0, 0.1) is 6.92 Å². The van der Waals surface area contributed by atoms with Crippen LogP contribution < -0.4 is 10.6 Å². The standard InChI is InChI=1S/C25H24N8O.C2H6/c1-15-14-34-23-5-4-16(8-19(15)23)20-9-18(10-21-25(20)27-7-6-26-21)30-24(17-11-29-32(2)13-17)22-12-28-31-33(22)3;1-2/h4-14,21,24,26,30H,1-3H3;1-2H3. The van der Waals surface area contributed by atoms with Gasteiger partial charge < -0.3 is 15.1 Å². The summed E-state index contributed by atoms with van der Waals surface area (Å²) in [5.74, 6) is 0. The van der Waals surface area contributed by atoms with Gasteiger partial charge in [0.25, 0.3) is 0 Å². The molecule has 0 radical (unpaired) electrons. The molecule has 2 N–H and O–H groups in total. The number of benzene rings is 1. The molecule has 9 heteroatoms. The van der Waals surface area contributed by atoms with Crippen molar-refractivity contribution < 1.29 is 4.42 Å². The van der Waals surface area contributed by atoms with E-state index in [0.717, 1.165) is 50.3 Å². The van der Waals surface area contributed by atoms with Crippen molar-refractivity contribution in [2.45, 2.75) is 32.9 Å². The lowest BCUT2D eigenvalue weighted by atomic mass is 9.89. The summed E-state index contributed by atoms with van der Waals surface area (Å²) in [4.78, 5) is 4.71. The summed E-state index contributed by atoms with van der Waals surface area (Å²) in [6, 6.07) is 6.05. The van der Waals surface area contributed by atoms with Crippen molar-refractivity contribution in [1.29, 1.82) is 0 Å². The molecule has 2 atom stereocenters. The number of furan rings is 1. The number of rotatable bonds is 5. The van der Waals surface area contributed by atoms with E-state index in [1.165, 1.54) is 0 Å². The van der Waals surface area contributed by atoms with E-state index in [1.807, 2.05) is 52.6 Å². The van der Waals surface area contributed by atoms with Gasteiger partial charge in [-0.15, -0.1) is 5.10 Å². The van der Waals surface area contributed by atoms with Crippen molar-refractivity contribution in [2.75, 3.05) is 0 Å². The maximum Gasteiger partial charge on any atom is 0.134 e. The van der Waals surface area contributed by atoms with E-state index >= 15 is 0 Å². The predicted molar refractivity (Wildman–Crippen MR) is 141 cm³/mol. The Morgan fingerprint density at radius 3 is 2.78 bits per heavy atom. The van der Waals surface area contributed by atoms with E-state index in [4.69, 9.17) is 9.41 Å². The van der Waals surface area contributed by atoms with Crippen molar-refractivity contribution in [3.63, 3.8) is 0 Å². The quantitative estimate of drug-likeness (QED) is 0.443. The minimum atomic E-state index is -0.173. The number of nitrogens with one attached hydrogen (secondary N) is 2. The molecule has 0 spiro atoms. The number of hydrogen-bond donors (Lipinski definition) is 2. The molecule has 0 saturated heterocycles. The highest BCUT2D eigenvalue weighted by atomic mass is 16.3. The molecule has 0 amide bonds. The normalized spacial score (nSPS) is 17.2. The molecule has 184 valence electrons. The van der Waals surface area contributed by atoms with Gasteiger partial charge in [-0.25, -0.2) is 4.68 Å². The van der Waals surface area contributed by atoms with E-state index < -0.39 is 0 Å². The van der Waals surface area contributed by atoms with Gasteiger partial charge in [-0.2, -0.15) is 5.10 Å². The Morgan fingerprint density at radius 2 is 2.03 bits per heavy atom. The summed E-state index contributed by atoms with van der Waals surface area (Å²) in [6.07, 6.45) is 15.4. The fraction of sp³-hybridized carbons (Fsp3) is 0.259. The third-order valence-electron chi connectivity index (χ3n) is 6.27. The zero-order valence-electron chi connectivity index (χ0n) is 21.1. The summed E-state index contributed by atoms with van der Waals surface area (Å²) < 4.78 is 9.23. The fourth-order valence-electron chi connectivity index (χ4n) is 4.53. The van der Waals surface area contributed by atoms with Gasteiger partial charge in [-0.1, -0.05) is 25.1 Å². The van der Waals surface area contributed by atoms with Crippen molar-refractivity contribution in [3.8, 4) is 0 Å². The van der Waals surface area contributed by atoms with E-state index in [1.54, 1.807) is 28.0 Å². The molecule has 0 saturated carbocycles. The molecule has 2 unspecified atom stereocenters. The first-order valence-corrected chi connectivity index (χ1v) is 12.1. The lowest BCUT2D eigenvalue weighted by Gasteiger charge is -2.29. The second-order valence-electron chi connectivity index (χ2n) is 8.59. The fourth-order valence-corrected chi connectivity index (χ4v) is 4.53. The topological polar surface area (TPSA) is 98.1 Å². The van der Waals surface area contributed by atoms with Crippen LogP contribution in [0.3, 0.4) is 0 Å². The largest absolute Gasteiger partial charge is 0.464 e. The lowest BCUT2D eigenvalue weighted by molar-refractivity contribution is 0.601. The second kappa shape index (κ2) is 9.69. The van der Waals surface area contributed by atoms with Gasteiger partial charge in [0.05, 0.1) is 42.1 Å². The second-order valence-corrected chi connectivity index (χ2v) is 8.59. The molecular formula is C27H30N8O. The van der Waals surface area contributed by atoms with Gasteiger partial charge in [0, 0.05) is 54.9 Å². The van der Waals surface area contributed by atoms with Gasteiger partial charge in [-0.05, 0) is 42.3 Å². The molecular weight excluding hydrogens is 452 g/mol. The molecule has 1 aromatic carbocycles. The van der Waals surface area contributed by atoms with Crippen LogP contribution in [-0.2, 0) is 14.1 Å². The molecule has 2 aliphatic rings. The highest BCUT2D eigenvalue weighted by Crippen LogP contribution is 2.31. The van der Waals surface area contributed by atoms with Crippen LogP contribution in [-0.4, -0.2) is 36.5 Å². The van der Waals surface area contributed by atoms with Crippen LogP contribution in [0.15, 0.2) is 82.7 Å². The summed E-state index contributed by atoms with van der Waals surface area (Å²) in [6.45, 7) is 6.06. The molecule has 1 aliphatic heterocycles. The molecule has 0 bridgehead atoms. The first-order chi connectivity index (χ1) is 17.6. The Bertz CT molecular complexity index is 1510. The van der Waals surface area contributed by atoms with E-state index in [9.17, 15) is 0 Å². The number of aliphatic imine (C=N–C) groups is 1. The van der Waals surface area contributed by atoms with E-state index in [0.29, 0.717) is 0 Å². The average Bonchev–Trinajstić information content (AvgIpc) is 3.63. The van der Waals surface area contributed by atoms with Crippen LogP contribution in [0.5, 0.6) is 0 Å². The van der Waals surface area contributed by atoms with Gasteiger partial charge in [0.1, 0.15) is 5.58 Å². The highest BCUT2D eigenvalue weighted by molar-refractivity contribution is 6.29. The van der Waals surface area contributed by atoms with Gasteiger partial charge >= 0.3 is 0 Å². The van der Waals surface area contributed by atoms with Crippen LogP contribution >= 0.6 is 0 Å². The summed E-state index contributed by atoms with van der Waals surface area (Å²) >= 11 is 0. The van der Waals surface area contributed by atoms with Crippen LogP contribution in [0.1, 0.15) is 42.3 Å². The molecule has 0 fully saturated rings. The maximum atomic E-state index is 5.66. The predicted octanol–water partition coefficient (Wildman–Crippen LogP) is 4.17. The number of allylic oxidation sites excluding steroid dienone is 1. The number of fused-ring (bicyclic) bond motifs is 2. The van der Waals surface area contributed by atoms with E-state index in [2.05, 4.69) is 57.3 Å². The Hall–Kier alpha value is -4.40. The third-order valence-corrected chi connectivity index (χ3v) is 6.27. The number of nitrogens with zero attached hydrogens (tertiary/aromatic N) is 6. The Labute approximate surface area is 209 Å². The number of hydrogen-bond acceptors (Lipinski definition) is 7. The summed E-state index contributed by atoms with van der Waals surface area (Å²) in [5, 5.41) is 20.8. The maximum absolute atomic E-state index is 5.66. The Morgan fingerprint density at radius 1 is 1.17 bits per heavy atom. The van der Waals surface area contributed by atoms with Crippen LogP contribution in [0.2, 0.25) is 0 Å².